The van der Waals surface area contributed by atoms with Crippen molar-refractivity contribution in [1.82, 2.24) is 0 Å². The molecular weight excluding hydrogens is 466 g/mol. The van der Waals surface area contributed by atoms with Gasteiger partial charge in [-0.3, -0.25) is 17.4 Å². The first-order valence-electron chi connectivity index (χ1n) is 5.78. The van der Waals surface area contributed by atoms with Crippen LogP contribution >= 0.6 is 27.3 Å². The van der Waals surface area contributed by atoms with Gasteiger partial charge in [0.05, 0.1) is 0 Å². The molecule has 0 N–H and O–H groups in total. The van der Waals surface area contributed by atoms with Gasteiger partial charge in [0.15, 0.2) is 0 Å². The summed E-state index contributed by atoms with van der Waals surface area (Å²) in [5.74, 6) is 0. The average Bonchev–Trinajstić information content (AvgIpc) is 3.07. The van der Waals surface area contributed by atoms with Crippen LogP contribution in [-0.4, -0.2) is 0 Å². The summed E-state index contributed by atoms with van der Waals surface area (Å²) >= 11 is 5.30. The normalized spacial score (nSPS) is 11.3. The first-order chi connectivity index (χ1) is 8.84. The van der Waals surface area contributed by atoms with E-state index in [0.717, 1.165) is 10.9 Å². The molecule has 106 valence electrons. The molecule has 0 atom stereocenters. The summed E-state index contributed by atoms with van der Waals surface area (Å²) in [7, 11) is 0. The van der Waals surface area contributed by atoms with Crippen LogP contribution in [-0.2, 0) is 26.2 Å². The summed E-state index contributed by atoms with van der Waals surface area (Å²) in [4.78, 5) is 1.41. The second-order valence-electron chi connectivity index (χ2n) is 4.08. The van der Waals surface area contributed by atoms with Crippen LogP contribution in [0.4, 0.5) is 0 Å². The number of thiophene rings is 1. The van der Waals surface area contributed by atoms with Crippen molar-refractivity contribution < 1.29 is 51.0 Å². The van der Waals surface area contributed by atoms with Crippen LogP contribution in [0.5, 0.6) is 0 Å². The second kappa shape index (κ2) is 10.1. The zero-order valence-electron chi connectivity index (χ0n) is 10.9. The van der Waals surface area contributed by atoms with Crippen molar-refractivity contribution in [2.24, 2.45) is 0 Å². The standard InChI is InChI=1S/C11H6BrS.C5H5.2ClH.Zr/c12-9-1-2-10-8(6-9)5-7-3-4-13-11(7)10;1-2-4-5-3-1;;;/h1-6H;1-3H,4H2;2*1H;/q2*-1;;;+4/p-2. The van der Waals surface area contributed by atoms with Crippen LogP contribution in [0, 0.1) is 6.08 Å². The molecule has 1 heterocycles. The summed E-state index contributed by atoms with van der Waals surface area (Å²) in [6.07, 6.45) is 10.0. The van der Waals surface area contributed by atoms with Gasteiger partial charge < -0.3 is 24.8 Å². The zero-order valence-corrected chi connectivity index (χ0v) is 17.3. The first-order valence-corrected chi connectivity index (χ1v) is 7.46. The van der Waals surface area contributed by atoms with Gasteiger partial charge in [0, 0.05) is 4.47 Å². The van der Waals surface area contributed by atoms with E-state index in [0.29, 0.717) is 0 Å². The minimum absolute atomic E-state index is 0. The van der Waals surface area contributed by atoms with Gasteiger partial charge in [0.1, 0.15) is 0 Å². The number of hydrogen-bond donors (Lipinski definition) is 0. The van der Waals surface area contributed by atoms with Gasteiger partial charge in [-0.15, -0.1) is 22.7 Å². The predicted octanol–water partition coefficient (Wildman–Crippen LogP) is -0.201. The fraction of sp³-hybridized carbons (Fsp3) is 0.0625. The van der Waals surface area contributed by atoms with Gasteiger partial charge in [-0.2, -0.15) is 17.7 Å². The third-order valence-electron chi connectivity index (χ3n) is 2.85. The van der Waals surface area contributed by atoms with Gasteiger partial charge in [0.2, 0.25) is 0 Å². The van der Waals surface area contributed by atoms with Crippen molar-refractivity contribution in [2.75, 3.05) is 0 Å². The maximum Gasteiger partial charge on any atom is 4.00 e. The smallest absolute Gasteiger partial charge is 1.00 e. The monoisotopic (exact) mass is 474 g/mol. The molecule has 4 rings (SSSR count). The number of benzene rings is 1. The van der Waals surface area contributed by atoms with Crippen LogP contribution in [0.25, 0.3) is 21.2 Å². The van der Waals surface area contributed by atoms with E-state index < -0.39 is 0 Å². The quantitative estimate of drug-likeness (QED) is 0.394. The molecule has 0 radical (unpaired) electrons. The van der Waals surface area contributed by atoms with Crippen molar-refractivity contribution >= 4 is 38.0 Å². The Bertz CT molecular complexity index is 689. The van der Waals surface area contributed by atoms with E-state index in [9.17, 15) is 0 Å². The zero-order chi connectivity index (χ0) is 12.4. The fourth-order valence-electron chi connectivity index (χ4n) is 2.02. The van der Waals surface area contributed by atoms with Crippen molar-refractivity contribution in [3.05, 3.63) is 64.5 Å². The maximum absolute atomic E-state index is 3.48. The molecule has 21 heavy (non-hydrogen) atoms. The Labute approximate surface area is 169 Å². The van der Waals surface area contributed by atoms with E-state index in [1.165, 1.54) is 21.2 Å². The van der Waals surface area contributed by atoms with Crippen molar-refractivity contribution in [3.8, 4) is 10.4 Å². The molecule has 0 spiro atoms. The number of allylic oxidation sites excluding steroid dienone is 4. The van der Waals surface area contributed by atoms with Gasteiger partial charge >= 0.3 is 26.2 Å². The van der Waals surface area contributed by atoms with Crippen LogP contribution < -0.4 is 24.8 Å². The molecular formula is C16H11BrCl2SZr. The first kappa shape index (κ1) is 21.2. The van der Waals surface area contributed by atoms with E-state index in [1.54, 1.807) is 0 Å². The van der Waals surface area contributed by atoms with Crippen LogP contribution in [0.1, 0.15) is 6.42 Å². The minimum atomic E-state index is 0. The van der Waals surface area contributed by atoms with Gasteiger partial charge in [-0.25, -0.2) is 12.2 Å². The average molecular weight is 477 g/mol. The van der Waals surface area contributed by atoms with Gasteiger partial charge in [-0.1, -0.05) is 27.4 Å². The Balaban J connectivity index is 0.000000437. The molecule has 0 fully saturated rings. The maximum atomic E-state index is 3.48. The minimum Gasteiger partial charge on any atom is -1.00 e. The molecule has 0 bridgehead atoms. The number of halogens is 3. The van der Waals surface area contributed by atoms with Gasteiger partial charge in [0.25, 0.3) is 0 Å². The fourth-order valence-corrected chi connectivity index (χ4v) is 3.32. The molecule has 1 aromatic carbocycles. The summed E-state index contributed by atoms with van der Waals surface area (Å²) in [5.41, 5.74) is 1.36. The van der Waals surface area contributed by atoms with Crippen LogP contribution in [0.3, 0.4) is 0 Å². The largest absolute Gasteiger partial charge is 4.00 e. The Kier molecular flexibility index (Phi) is 10.2. The molecule has 0 amide bonds. The third-order valence-corrected chi connectivity index (χ3v) is 4.31. The number of hydrogen-bond acceptors (Lipinski definition) is 1. The van der Waals surface area contributed by atoms with Crippen LogP contribution in [0.2, 0.25) is 0 Å². The Hall–Kier alpha value is 0.213. The topological polar surface area (TPSA) is 0 Å². The van der Waals surface area contributed by atoms with Crippen LogP contribution in [0.15, 0.2) is 58.4 Å². The molecule has 0 aromatic heterocycles. The van der Waals surface area contributed by atoms with E-state index in [4.69, 9.17) is 0 Å². The number of fused-ring (bicyclic) bond motifs is 3. The number of rotatable bonds is 0. The second-order valence-corrected chi connectivity index (χ2v) is 5.92. The molecule has 1 aromatic rings. The molecule has 5 heteroatoms. The Morgan fingerprint density at radius 1 is 1.19 bits per heavy atom. The molecule has 0 unspecified atom stereocenters. The van der Waals surface area contributed by atoms with E-state index in [2.05, 4.69) is 63.8 Å². The predicted molar refractivity (Wildman–Crippen MR) is 83.3 cm³/mol. The molecule has 2 aliphatic carbocycles. The van der Waals surface area contributed by atoms with E-state index in [1.807, 2.05) is 23.5 Å². The van der Waals surface area contributed by atoms with E-state index in [-0.39, 0.29) is 51.0 Å². The summed E-state index contributed by atoms with van der Waals surface area (Å²) in [5, 5.41) is 4.84. The molecule has 3 aliphatic rings. The summed E-state index contributed by atoms with van der Waals surface area (Å²) in [6.45, 7) is 0. The molecule has 0 saturated carbocycles. The van der Waals surface area contributed by atoms with Crippen molar-refractivity contribution in [3.63, 3.8) is 0 Å². The van der Waals surface area contributed by atoms with Gasteiger partial charge in [-0.05, 0) is 17.5 Å². The van der Waals surface area contributed by atoms with E-state index >= 15 is 0 Å². The molecule has 1 aliphatic heterocycles. The summed E-state index contributed by atoms with van der Waals surface area (Å²) < 4.78 is 1.15. The van der Waals surface area contributed by atoms with Crippen molar-refractivity contribution in [1.29, 1.82) is 0 Å². The molecule has 0 nitrogen and oxygen atoms in total. The third kappa shape index (κ3) is 5.11. The van der Waals surface area contributed by atoms with Crippen molar-refractivity contribution in [2.45, 2.75) is 6.42 Å². The Morgan fingerprint density at radius 3 is 2.62 bits per heavy atom. The summed E-state index contributed by atoms with van der Waals surface area (Å²) in [6, 6.07) is 10.9. The SMILES string of the molecule is Brc1ccc2c3s[cH-]cc-3cc2c1.[C-]1=CC=CC1.[Cl-].[Cl-].[Zr+4]. The Morgan fingerprint density at radius 2 is 2.00 bits per heavy atom. The molecule has 0 saturated heterocycles.